The predicted molar refractivity (Wildman–Crippen MR) is 54.1 cm³/mol. The zero-order valence-corrected chi connectivity index (χ0v) is 9.00. The number of alkyl halides is 3. The van der Waals surface area contributed by atoms with Crippen molar-refractivity contribution in [3.8, 4) is 0 Å². The SMILES string of the molecule is NC(CC(F)(F)F)c1ccc(Cl)c(Cl)c1. The third-order valence-corrected chi connectivity index (χ3v) is 2.56. The number of halogens is 5. The van der Waals surface area contributed by atoms with Crippen LogP contribution in [0.5, 0.6) is 0 Å². The van der Waals surface area contributed by atoms with E-state index >= 15 is 0 Å². The molecule has 0 saturated carbocycles. The van der Waals surface area contributed by atoms with Gasteiger partial charge in [-0.2, -0.15) is 13.2 Å². The van der Waals surface area contributed by atoms with E-state index in [-0.39, 0.29) is 5.02 Å². The van der Waals surface area contributed by atoms with Crippen molar-refractivity contribution in [2.45, 2.75) is 18.6 Å². The molecule has 1 nitrogen and oxygen atoms in total. The van der Waals surface area contributed by atoms with Gasteiger partial charge in [0.25, 0.3) is 0 Å². The summed E-state index contributed by atoms with van der Waals surface area (Å²) >= 11 is 11.3. The first-order valence-electron chi connectivity index (χ1n) is 4.07. The maximum absolute atomic E-state index is 12.0. The van der Waals surface area contributed by atoms with Crippen LogP contribution in [0.4, 0.5) is 13.2 Å². The molecule has 1 aromatic rings. The van der Waals surface area contributed by atoms with E-state index in [4.69, 9.17) is 28.9 Å². The third-order valence-electron chi connectivity index (χ3n) is 1.82. The molecule has 1 unspecified atom stereocenters. The van der Waals surface area contributed by atoms with Gasteiger partial charge in [-0.15, -0.1) is 0 Å². The number of hydrogen-bond donors (Lipinski definition) is 1. The van der Waals surface area contributed by atoms with Crippen LogP contribution in [0.2, 0.25) is 10.0 Å². The minimum atomic E-state index is -4.29. The third kappa shape index (κ3) is 3.89. The molecule has 1 atom stereocenters. The fourth-order valence-corrected chi connectivity index (χ4v) is 1.42. The van der Waals surface area contributed by atoms with Crippen LogP contribution in [0.15, 0.2) is 18.2 Å². The quantitative estimate of drug-likeness (QED) is 0.853. The maximum atomic E-state index is 12.0. The lowest BCUT2D eigenvalue weighted by molar-refractivity contribution is -0.138. The van der Waals surface area contributed by atoms with Crippen molar-refractivity contribution < 1.29 is 13.2 Å². The van der Waals surface area contributed by atoms with Crippen LogP contribution in [-0.2, 0) is 0 Å². The minimum Gasteiger partial charge on any atom is -0.324 e. The van der Waals surface area contributed by atoms with Gasteiger partial charge in [0.1, 0.15) is 0 Å². The molecular weight excluding hydrogens is 250 g/mol. The summed E-state index contributed by atoms with van der Waals surface area (Å²) in [4.78, 5) is 0. The van der Waals surface area contributed by atoms with Crippen molar-refractivity contribution in [2.24, 2.45) is 5.73 Å². The zero-order valence-electron chi connectivity index (χ0n) is 7.48. The van der Waals surface area contributed by atoms with Gasteiger partial charge >= 0.3 is 6.18 Å². The number of hydrogen-bond acceptors (Lipinski definition) is 1. The second-order valence-corrected chi connectivity index (χ2v) is 3.91. The first-order valence-corrected chi connectivity index (χ1v) is 4.82. The smallest absolute Gasteiger partial charge is 0.324 e. The molecule has 1 rings (SSSR count). The molecule has 0 aliphatic rings. The normalized spacial score (nSPS) is 14.0. The van der Waals surface area contributed by atoms with Crippen molar-refractivity contribution in [3.05, 3.63) is 33.8 Å². The van der Waals surface area contributed by atoms with E-state index in [1.165, 1.54) is 18.2 Å². The fourth-order valence-electron chi connectivity index (χ4n) is 1.11. The standard InChI is InChI=1S/C9H8Cl2F3N/c10-6-2-1-5(3-7(6)11)8(15)4-9(12,13)14/h1-3,8H,4,15H2. The summed E-state index contributed by atoms with van der Waals surface area (Å²) in [5.74, 6) is 0. The molecule has 1 aromatic carbocycles. The van der Waals surface area contributed by atoms with Crippen LogP contribution >= 0.6 is 23.2 Å². The van der Waals surface area contributed by atoms with Gasteiger partial charge in [0.2, 0.25) is 0 Å². The summed E-state index contributed by atoms with van der Waals surface area (Å²) in [6.07, 6.45) is -5.36. The molecule has 15 heavy (non-hydrogen) atoms. The molecule has 2 N–H and O–H groups in total. The van der Waals surface area contributed by atoms with Crippen LogP contribution < -0.4 is 5.73 Å². The second kappa shape index (κ2) is 4.60. The van der Waals surface area contributed by atoms with E-state index in [2.05, 4.69) is 0 Å². The van der Waals surface area contributed by atoms with E-state index in [9.17, 15) is 13.2 Å². The van der Waals surface area contributed by atoms with Gasteiger partial charge in [-0.1, -0.05) is 29.3 Å². The van der Waals surface area contributed by atoms with E-state index in [0.717, 1.165) is 0 Å². The van der Waals surface area contributed by atoms with Crippen LogP contribution in [0.25, 0.3) is 0 Å². The summed E-state index contributed by atoms with van der Waals surface area (Å²) in [5, 5.41) is 0.492. The van der Waals surface area contributed by atoms with E-state index in [0.29, 0.717) is 10.6 Å². The molecule has 0 saturated heterocycles. The Hall–Kier alpha value is -0.450. The lowest BCUT2D eigenvalue weighted by Gasteiger charge is -2.14. The molecule has 0 radical (unpaired) electrons. The van der Waals surface area contributed by atoms with E-state index < -0.39 is 18.6 Å². The molecule has 0 spiro atoms. The van der Waals surface area contributed by atoms with Crippen molar-refractivity contribution in [1.82, 2.24) is 0 Å². The Balaban J connectivity index is 2.83. The predicted octanol–water partition coefficient (Wildman–Crippen LogP) is 3.95. The lowest BCUT2D eigenvalue weighted by atomic mass is 10.0. The molecule has 84 valence electrons. The molecule has 0 fully saturated rings. The molecule has 0 aromatic heterocycles. The van der Waals surface area contributed by atoms with Gasteiger partial charge < -0.3 is 5.73 Å². The average Bonchev–Trinajstić information content (AvgIpc) is 2.06. The minimum absolute atomic E-state index is 0.201. The Bertz CT molecular complexity index is 352. The molecular formula is C9H8Cl2F3N. The molecule has 0 amide bonds. The van der Waals surface area contributed by atoms with Crippen molar-refractivity contribution >= 4 is 23.2 Å². The van der Waals surface area contributed by atoms with Gasteiger partial charge in [-0.25, -0.2) is 0 Å². The summed E-state index contributed by atoms with van der Waals surface area (Å²) in [5.41, 5.74) is 5.70. The molecule has 6 heteroatoms. The van der Waals surface area contributed by atoms with Crippen molar-refractivity contribution in [1.29, 1.82) is 0 Å². The van der Waals surface area contributed by atoms with Gasteiger partial charge in [0.05, 0.1) is 16.5 Å². The fraction of sp³-hybridized carbons (Fsp3) is 0.333. The Kier molecular flexibility index (Phi) is 3.87. The largest absolute Gasteiger partial charge is 0.390 e. The van der Waals surface area contributed by atoms with Crippen molar-refractivity contribution in [3.63, 3.8) is 0 Å². The zero-order chi connectivity index (χ0) is 11.6. The van der Waals surface area contributed by atoms with Crippen LogP contribution in [-0.4, -0.2) is 6.18 Å². The summed E-state index contributed by atoms with van der Waals surface area (Å²) in [7, 11) is 0. The van der Waals surface area contributed by atoms with Gasteiger partial charge in [-0.05, 0) is 17.7 Å². The van der Waals surface area contributed by atoms with Gasteiger partial charge in [0, 0.05) is 6.04 Å². The lowest BCUT2D eigenvalue weighted by Crippen LogP contribution is -2.20. The Morgan fingerprint density at radius 2 is 1.80 bits per heavy atom. The van der Waals surface area contributed by atoms with Crippen LogP contribution in [0.1, 0.15) is 18.0 Å². The number of nitrogens with two attached hydrogens (primary N) is 1. The van der Waals surface area contributed by atoms with Crippen LogP contribution in [0, 0.1) is 0 Å². The average molecular weight is 258 g/mol. The van der Waals surface area contributed by atoms with Crippen molar-refractivity contribution in [2.75, 3.05) is 0 Å². The molecule has 0 aliphatic heterocycles. The number of benzene rings is 1. The Labute approximate surface area is 95.0 Å². The van der Waals surface area contributed by atoms with Crippen LogP contribution in [0.3, 0.4) is 0 Å². The molecule has 0 aliphatic carbocycles. The van der Waals surface area contributed by atoms with E-state index in [1.807, 2.05) is 0 Å². The molecule has 0 heterocycles. The molecule has 0 bridgehead atoms. The van der Waals surface area contributed by atoms with Gasteiger partial charge in [-0.3, -0.25) is 0 Å². The second-order valence-electron chi connectivity index (χ2n) is 3.10. The highest BCUT2D eigenvalue weighted by atomic mass is 35.5. The van der Waals surface area contributed by atoms with E-state index in [1.54, 1.807) is 0 Å². The highest BCUT2D eigenvalue weighted by Gasteiger charge is 2.30. The Morgan fingerprint density at radius 3 is 2.27 bits per heavy atom. The highest BCUT2D eigenvalue weighted by molar-refractivity contribution is 6.42. The number of rotatable bonds is 2. The highest BCUT2D eigenvalue weighted by Crippen LogP contribution is 2.30. The topological polar surface area (TPSA) is 26.0 Å². The van der Waals surface area contributed by atoms with Gasteiger partial charge in [0.15, 0.2) is 0 Å². The summed E-state index contributed by atoms with van der Waals surface area (Å²) in [6.45, 7) is 0. The first kappa shape index (κ1) is 12.6. The first-order chi connectivity index (χ1) is 6.79. The maximum Gasteiger partial charge on any atom is 0.390 e. The summed E-state index contributed by atoms with van der Waals surface area (Å²) < 4.78 is 36.1. The summed E-state index contributed by atoms with van der Waals surface area (Å²) in [6, 6.07) is 3.10. The monoisotopic (exact) mass is 257 g/mol. The Morgan fingerprint density at radius 1 is 1.20 bits per heavy atom.